The summed E-state index contributed by atoms with van der Waals surface area (Å²) in [4.78, 5) is 18.9. The fourth-order valence-electron chi connectivity index (χ4n) is 3.83. The first-order chi connectivity index (χ1) is 12.5. The molecule has 3 aromatic rings. The van der Waals surface area contributed by atoms with Crippen LogP contribution in [0.3, 0.4) is 0 Å². The first-order valence-corrected chi connectivity index (χ1v) is 9.34. The zero-order valence-electron chi connectivity index (χ0n) is 14.8. The molecule has 0 radical (unpaired) electrons. The zero-order chi connectivity index (χ0) is 18.4. The summed E-state index contributed by atoms with van der Waals surface area (Å²) in [7, 11) is 0. The van der Waals surface area contributed by atoms with Crippen LogP contribution in [0.2, 0.25) is 0 Å². The third-order valence-electron chi connectivity index (χ3n) is 5.33. The Balaban J connectivity index is 1.96. The molecule has 0 saturated carbocycles. The third-order valence-corrected chi connectivity index (χ3v) is 5.63. The van der Waals surface area contributed by atoms with Gasteiger partial charge in [0.15, 0.2) is 4.77 Å². The molecule has 1 aliphatic heterocycles. The maximum Gasteiger partial charge on any atom is 0.260 e. The molecule has 4 rings (SSSR count). The van der Waals surface area contributed by atoms with E-state index < -0.39 is 6.04 Å². The Kier molecular flexibility index (Phi) is 4.20. The third kappa shape index (κ3) is 2.50. The monoisotopic (exact) mass is 370 g/mol. The highest BCUT2D eigenvalue weighted by atomic mass is 32.1. The minimum absolute atomic E-state index is 0.0103. The van der Waals surface area contributed by atoms with Crippen molar-refractivity contribution in [3.8, 4) is 5.88 Å². The Labute approximate surface area is 155 Å². The average Bonchev–Trinajstić information content (AvgIpc) is 3.00. The van der Waals surface area contributed by atoms with Gasteiger partial charge in [-0.05, 0) is 43.6 Å². The highest BCUT2D eigenvalue weighted by molar-refractivity contribution is 7.71. The Morgan fingerprint density at radius 1 is 1.35 bits per heavy atom. The summed E-state index contributed by atoms with van der Waals surface area (Å²) in [6, 6.07) is 7.70. The number of aromatic hydroxyl groups is 1. The van der Waals surface area contributed by atoms with Crippen molar-refractivity contribution >= 4 is 23.1 Å². The van der Waals surface area contributed by atoms with Gasteiger partial charge in [-0.15, -0.1) is 0 Å². The highest BCUT2D eigenvalue weighted by Gasteiger charge is 2.31. The van der Waals surface area contributed by atoms with E-state index in [2.05, 4.69) is 21.4 Å². The molecule has 6 nitrogen and oxygen atoms in total. The second-order valence-electron chi connectivity index (χ2n) is 6.82. The van der Waals surface area contributed by atoms with E-state index in [1.54, 1.807) is 4.57 Å². The van der Waals surface area contributed by atoms with E-state index in [9.17, 15) is 9.90 Å². The molecule has 7 heteroatoms. The first kappa shape index (κ1) is 17.1. The van der Waals surface area contributed by atoms with Gasteiger partial charge in [0.05, 0.1) is 6.04 Å². The minimum Gasteiger partial charge on any atom is -0.494 e. The lowest BCUT2D eigenvalue weighted by molar-refractivity contribution is 0.358. The van der Waals surface area contributed by atoms with Crippen LogP contribution in [0.25, 0.3) is 10.9 Å². The molecular weight excluding hydrogens is 348 g/mol. The quantitative estimate of drug-likeness (QED) is 0.533. The van der Waals surface area contributed by atoms with Crippen LogP contribution in [-0.2, 0) is 6.42 Å². The normalized spacial score (nSPS) is 18.0. The van der Waals surface area contributed by atoms with Crippen LogP contribution >= 0.6 is 12.2 Å². The van der Waals surface area contributed by atoms with Crippen molar-refractivity contribution in [2.75, 3.05) is 6.54 Å². The maximum atomic E-state index is 12.7. The molecule has 1 aromatic carbocycles. The van der Waals surface area contributed by atoms with E-state index in [4.69, 9.17) is 12.2 Å². The molecule has 0 aliphatic carbocycles. The molecular formula is C19H22N4O2S. The van der Waals surface area contributed by atoms with Gasteiger partial charge >= 0.3 is 0 Å². The number of aromatic amines is 2. The van der Waals surface area contributed by atoms with Crippen LogP contribution in [0, 0.1) is 4.77 Å². The lowest BCUT2D eigenvalue weighted by Crippen LogP contribution is -2.35. The highest BCUT2D eigenvalue weighted by Crippen LogP contribution is 2.35. The maximum absolute atomic E-state index is 12.7. The van der Waals surface area contributed by atoms with Crippen molar-refractivity contribution in [2.45, 2.75) is 38.8 Å². The molecule has 0 spiro atoms. The summed E-state index contributed by atoms with van der Waals surface area (Å²) in [5, 5.41) is 15.5. The van der Waals surface area contributed by atoms with Crippen molar-refractivity contribution in [3.05, 3.63) is 56.2 Å². The standard InChI is InChI=1S/C19H22N4O2S/c1-3-10(2)23-18(25)14(17(24)22-19(23)26)16-15-12(8-9-20-16)11-6-4-5-7-13(11)21-15/h4-7,10,16,20-21,25H,3,8-9H2,1-2H3,(H,22,24,26). The van der Waals surface area contributed by atoms with Gasteiger partial charge in [0.25, 0.3) is 5.56 Å². The van der Waals surface area contributed by atoms with E-state index in [0.29, 0.717) is 5.56 Å². The van der Waals surface area contributed by atoms with Gasteiger partial charge in [0.2, 0.25) is 5.88 Å². The SMILES string of the molecule is CCC(C)n1c(O)c(C2NCCc3c2[nH]c2ccccc32)c(=O)[nH]c1=S. The Morgan fingerprint density at radius 3 is 2.88 bits per heavy atom. The predicted octanol–water partition coefficient (Wildman–Crippen LogP) is 3.30. The molecule has 2 atom stereocenters. The summed E-state index contributed by atoms with van der Waals surface area (Å²) < 4.78 is 1.88. The van der Waals surface area contributed by atoms with E-state index in [0.717, 1.165) is 30.6 Å². The van der Waals surface area contributed by atoms with Gasteiger partial charge in [-0.2, -0.15) is 0 Å². The second-order valence-corrected chi connectivity index (χ2v) is 7.21. The molecule has 2 aromatic heterocycles. The molecule has 0 saturated heterocycles. The Bertz CT molecular complexity index is 1100. The predicted molar refractivity (Wildman–Crippen MR) is 104 cm³/mol. The smallest absolute Gasteiger partial charge is 0.260 e. The lowest BCUT2D eigenvalue weighted by atomic mass is 9.95. The number of H-pyrrole nitrogens is 2. The number of fused-ring (bicyclic) bond motifs is 3. The summed E-state index contributed by atoms with van der Waals surface area (Å²) in [5.41, 5.74) is 3.13. The molecule has 0 amide bonds. The zero-order valence-corrected chi connectivity index (χ0v) is 15.6. The number of nitrogens with zero attached hydrogens (tertiary/aromatic N) is 1. The van der Waals surface area contributed by atoms with Crippen molar-refractivity contribution in [2.24, 2.45) is 0 Å². The lowest BCUT2D eigenvalue weighted by Gasteiger charge is -2.26. The van der Waals surface area contributed by atoms with Gasteiger partial charge < -0.3 is 15.4 Å². The van der Waals surface area contributed by atoms with E-state index in [1.807, 2.05) is 32.0 Å². The van der Waals surface area contributed by atoms with Crippen molar-refractivity contribution in [1.29, 1.82) is 0 Å². The summed E-state index contributed by atoms with van der Waals surface area (Å²) in [6.45, 7) is 4.73. The van der Waals surface area contributed by atoms with Gasteiger partial charge in [0.1, 0.15) is 5.56 Å². The largest absolute Gasteiger partial charge is 0.494 e. The van der Waals surface area contributed by atoms with E-state index in [-0.39, 0.29) is 22.3 Å². The van der Waals surface area contributed by atoms with Gasteiger partial charge in [0, 0.05) is 29.2 Å². The van der Waals surface area contributed by atoms with Crippen LogP contribution in [0.1, 0.15) is 49.2 Å². The second kappa shape index (κ2) is 6.41. The fourth-order valence-corrected chi connectivity index (χ4v) is 4.19. The number of hydrogen-bond acceptors (Lipinski definition) is 4. The van der Waals surface area contributed by atoms with Crippen LogP contribution < -0.4 is 10.9 Å². The fraction of sp³-hybridized carbons (Fsp3) is 0.368. The average molecular weight is 370 g/mol. The van der Waals surface area contributed by atoms with E-state index >= 15 is 0 Å². The molecule has 3 heterocycles. The molecule has 4 N–H and O–H groups in total. The number of aromatic nitrogens is 3. The van der Waals surface area contributed by atoms with Crippen LogP contribution in [0.5, 0.6) is 5.88 Å². The van der Waals surface area contributed by atoms with Gasteiger partial charge in [-0.1, -0.05) is 25.1 Å². The number of rotatable bonds is 3. The topological polar surface area (TPSA) is 85.8 Å². The van der Waals surface area contributed by atoms with Crippen molar-refractivity contribution in [3.63, 3.8) is 0 Å². The van der Waals surface area contributed by atoms with Crippen LogP contribution in [0.4, 0.5) is 0 Å². The van der Waals surface area contributed by atoms with Crippen LogP contribution in [0.15, 0.2) is 29.1 Å². The molecule has 1 aliphatic rings. The summed E-state index contributed by atoms with van der Waals surface area (Å²) in [6.07, 6.45) is 1.67. The Morgan fingerprint density at radius 2 is 2.12 bits per heavy atom. The molecule has 2 unspecified atom stereocenters. The number of hydrogen-bond donors (Lipinski definition) is 4. The van der Waals surface area contributed by atoms with Crippen molar-refractivity contribution in [1.82, 2.24) is 19.9 Å². The molecule has 0 fully saturated rings. The molecule has 0 bridgehead atoms. The number of benzene rings is 1. The number of nitrogens with one attached hydrogen (secondary N) is 3. The van der Waals surface area contributed by atoms with Gasteiger partial charge in [-0.3, -0.25) is 14.3 Å². The van der Waals surface area contributed by atoms with Gasteiger partial charge in [-0.25, -0.2) is 0 Å². The van der Waals surface area contributed by atoms with Crippen molar-refractivity contribution < 1.29 is 5.11 Å². The minimum atomic E-state index is -0.402. The number of para-hydroxylation sites is 1. The molecule has 26 heavy (non-hydrogen) atoms. The van der Waals surface area contributed by atoms with E-state index in [1.165, 1.54) is 10.9 Å². The summed E-state index contributed by atoms with van der Waals surface area (Å²) >= 11 is 5.28. The van der Waals surface area contributed by atoms with Crippen LogP contribution in [-0.4, -0.2) is 26.2 Å². The first-order valence-electron chi connectivity index (χ1n) is 8.93. The molecule has 136 valence electrons. The summed E-state index contributed by atoms with van der Waals surface area (Å²) in [5.74, 6) is -0.0582. The Hall–Kier alpha value is -2.38.